The first-order valence-electron chi connectivity index (χ1n) is 13.8. The fraction of sp³-hybridized carbons (Fsp3) is 0.840. The maximum absolute atomic E-state index is 13.9. The van der Waals surface area contributed by atoms with Crippen molar-refractivity contribution in [3.05, 3.63) is 17.5 Å². The maximum Gasteiger partial charge on any atom is 0.284 e. The molecule has 0 bridgehead atoms. The van der Waals surface area contributed by atoms with Crippen LogP contribution in [0.4, 0.5) is 0 Å². The Hall–Kier alpha value is -1.57. The highest BCUT2D eigenvalue weighted by Crippen LogP contribution is 2.38. The second-order valence-corrected chi connectivity index (χ2v) is 12.4. The number of hydrogen-bond donors (Lipinski definition) is 0. The van der Waals surface area contributed by atoms with E-state index in [9.17, 15) is 13.2 Å². The summed E-state index contributed by atoms with van der Waals surface area (Å²) in [5.41, 5.74) is 1.08. The number of rotatable bonds is 7. The number of carbonyl (C=O) groups excluding carboxylic acids is 1. The highest BCUT2D eigenvalue weighted by atomic mass is 32.2. The van der Waals surface area contributed by atoms with Crippen LogP contribution in [0.1, 0.15) is 67.6 Å². The van der Waals surface area contributed by atoms with Gasteiger partial charge in [-0.1, -0.05) is 32.1 Å². The molecule has 1 aromatic rings. The second kappa shape index (κ2) is 11.7. The molecule has 37 heavy (non-hydrogen) atoms. The van der Waals surface area contributed by atoms with Crippen LogP contribution in [-0.4, -0.2) is 103 Å². The van der Waals surface area contributed by atoms with Crippen LogP contribution in [0.3, 0.4) is 0 Å². The van der Waals surface area contributed by atoms with Crippen LogP contribution < -0.4 is 0 Å². The van der Waals surface area contributed by atoms with Crippen molar-refractivity contribution in [2.45, 2.75) is 64.3 Å². The van der Waals surface area contributed by atoms with Gasteiger partial charge in [0, 0.05) is 46.4 Å². The molecule has 4 heterocycles. The molecule has 4 fully saturated rings. The summed E-state index contributed by atoms with van der Waals surface area (Å²) in [7, 11) is -2.26. The van der Waals surface area contributed by atoms with E-state index in [0.717, 1.165) is 6.42 Å². The van der Waals surface area contributed by atoms with Gasteiger partial charge in [-0.15, -0.1) is 0 Å². The molecule has 3 saturated heterocycles. The predicted molar refractivity (Wildman–Crippen MR) is 136 cm³/mol. The van der Waals surface area contributed by atoms with E-state index in [0.29, 0.717) is 69.0 Å². The normalized spacial score (nSPS) is 29.1. The minimum absolute atomic E-state index is 0.0700. The number of ether oxygens (including phenoxy) is 3. The van der Waals surface area contributed by atoms with Gasteiger partial charge >= 0.3 is 0 Å². The number of amides is 1. The van der Waals surface area contributed by atoms with E-state index < -0.39 is 22.5 Å². The molecule has 0 radical (unpaired) electrons. The molecule has 1 aliphatic carbocycles. The number of methoxy groups -OCH3 is 1. The third kappa shape index (κ3) is 5.46. The minimum atomic E-state index is -3.77. The maximum atomic E-state index is 13.9. The first kappa shape index (κ1) is 27.0. The van der Waals surface area contributed by atoms with Gasteiger partial charge in [0.1, 0.15) is 12.3 Å². The Balaban J connectivity index is 1.36. The van der Waals surface area contributed by atoms with Gasteiger partial charge < -0.3 is 19.1 Å². The van der Waals surface area contributed by atoms with Gasteiger partial charge in [0.15, 0.2) is 0 Å². The van der Waals surface area contributed by atoms with Gasteiger partial charge in [-0.25, -0.2) is 0 Å². The van der Waals surface area contributed by atoms with E-state index in [4.69, 9.17) is 14.2 Å². The number of aryl methyl sites for hydroxylation is 1. The summed E-state index contributed by atoms with van der Waals surface area (Å²) in [5.74, 6) is 0.921. The van der Waals surface area contributed by atoms with Crippen LogP contribution in [0.25, 0.3) is 0 Å². The quantitative estimate of drug-likeness (QED) is 0.521. The van der Waals surface area contributed by atoms with Crippen LogP contribution in [0.2, 0.25) is 0 Å². The molecule has 3 unspecified atom stereocenters. The van der Waals surface area contributed by atoms with Crippen molar-refractivity contribution in [3.8, 4) is 0 Å². The average Bonchev–Trinajstić information content (AvgIpc) is 3.62. The highest BCUT2D eigenvalue weighted by molar-refractivity contribution is 7.86. The van der Waals surface area contributed by atoms with Gasteiger partial charge in [0.2, 0.25) is 0 Å². The van der Waals surface area contributed by atoms with E-state index in [1.54, 1.807) is 20.1 Å². The van der Waals surface area contributed by atoms with Gasteiger partial charge in [-0.05, 0) is 25.2 Å². The smallest absolute Gasteiger partial charge is 0.284 e. The highest BCUT2D eigenvalue weighted by Gasteiger charge is 2.45. The molecule has 3 aliphatic heterocycles. The first-order chi connectivity index (χ1) is 17.9. The summed E-state index contributed by atoms with van der Waals surface area (Å²) in [5, 5.41) is 4.44. The molecule has 4 aliphatic rings. The van der Waals surface area contributed by atoms with E-state index in [-0.39, 0.29) is 19.1 Å². The summed E-state index contributed by atoms with van der Waals surface area (Å²) < 4.78 is 49.8. The lowest BCUT2D eigenvalue weighted by Gasteiger charge is -2.40. The molecule has 1 aromatic heterocycles. The molecular formula is C25H41N5O6S. The number of aromatic nitrogens is 2. The van der Waals surface area contributed by atoms with Crippen molar-refractivity contribution < 1.29 is 27.4 Å². The Bertz CT molecular complexity index is 1040. The zero-order chi connectivity index (χ0) is 26.0. The van der Waals surface area contributed by atoms with Crippen LogP contribution in [-0.2, 0) is 31.0 Å². The molecule has 208 valence electrons. The minimum Gasteiger partial charge on any atom is -0.378 e. The molecular weight excluding hydrogens is 498 g/mol. The number of nitrogens with zero attached hydrogens (tertiary/aromatic N) is 5. The summed E-state index contributed by atoms with van der Waals surface area (Å²) >= 11 is 0. The molecule has 12 heteroatoms. The molecule has 0 aromatic carbocycles. The van der Waals surface area contributed by atoms with Crippen LogP contribution in [0.5, 0.6) is 0 Å². The lowest BCUT2D eigenvalue weighted by molar-refractivity contribution is -0.126. The standard InChI is InChI=1S/C25H41N5O6S/c1-3-29-24(21(15-26-29)25(31)27-11-13-35-14-12-27)22-17-30(23(34-2)18-36-22)37(32,33)28-10-9-20(16-28)19-7-5-4-6-8-19/h15,19-20,22-23H,3-14,16-18H2,1-2H3. The SMILES string of the molecule is CCn1ncc(C(=O)N2CCOCC2)c1C1CN(S(=O)(=O)N2CCC(C3CCCCC3)C2)C(OC)CO1. The first-order valence-corrected chi connectivity index (χ1v) is 15.2. The zero-order valence-electron chi connectivity index (χ0n) is 22.1. The second-order valence-electron chi connectivity index (χ2n) is 10.6. The number of morpholine rings is 2. The summed E-state index contributed by atoms with van der Waals surface area (Å²) in [6.07, 6.45) is 7.36. The van der Waals surface area contributed by atoms with Gasteiger partial charge in [-0.3, -0.25) is 9.48 Å². The molecule has 1 saturated carbocycles. The molecule has 0 spiro atoms. The van der Waals surface area contributed by atoms with E-state index in [1.165, 1.54) is 43.5 Å². The summed E-state index contributed by atoms with van der Waals surface area (Å²) in [4.78, 5) is 15.1. The summed E-state index contributed by atoms with van der Waals surface area (Å²) in [6.45, 7) is 5.79. The molecule has 1 amide bonds. The summed E-state index contributed by atoms with van der Waals surface area (Å²) in [6, 6.07) is 0. The van der Waals surface area contributed by atoms with Crippen LogP contribution >= 0.6 is 0 Å². The van der Waals surface area contributed by atoms with Crippen molar-refractivity contribution in [2.24, 2.45) is 11.8 Å². The number of carbonyl (C=O) groups is 1. The van der Waals surface area contributed by atoms with E-state index in [2.05, 4.69) is 5.10 Å². The van der Waals surface area contributed by atoms with Crippen molar-refractivity contribution >= 4 is 16.1 Å². The van der Waals surface area contributed by atoms with Crippen molar-refractivity contribution in [2.75, 3.05) is 59.7 Å². The third-order valence-corrected chi connectivity index (χ3v) is 10.5. The third-order valence-electron chi connectivity index (χ3n) is 8.52. The van der Waals surface area contributed by atoms with Crippen molar-refractivity contribution in [3.63, 3.8) is 0 Å². The lowest BCUT2D eigenvalue weighted by atomic mass is 9.80. The average molecular weight is 540 g/mol. The largest absolute Gasteiger partial charge is 0.378 e. The van der Waals surface area contributed by atoms with E-state index in [1.807, 2.05) is 6.92 Å². The Labute approximate surface area is 220 Å². The van der Waals surface area contributed by atoms with Crippen LogP contribution in [0, 0.1) is 11.8 Å². The van der Waals surface area contributed by atoms with E-state index >= 15 is 0 Å². The lowest BCUT2D eigenvalue weighted by Crippen LogP contribution is -2.55. The Kier molecular flexibility index (Phi) is 8.52. The predicted octanol–water partition coefficient (Wildman–Crippen LogP) is 1.87. The van der Waals surface area contributed by atoms with Crippen LogP contribution in [0.15, 0.2) is 6.20 Å². The zero-order valence-corrected chi connectivity index (χ0v) is 22.9. The van der Waals surface area contributed by atoms with Gasteiger partial charge in [0.05, 0.1) is 37.3 Å². The molecule has 0 N–H and O–H groups in total. The monoisotopic (exact) mass is 539 g/mol. The Morgan fingerprint density at radius 2 is 1.84 bits per heavy atom. The molecule has 3 atom stereocenters. The molecule has 11 nitrogen and oxygen atoms in total. The fourth-order valence-corrected chi connectivity index (χ4v) is 8.18. The fourth-order valence-electron chi connectivity index (χ4n) is 6.40. The molecule has 5 rings (SSSR count). The Morgan fingerprint density at radius 1 is 1.08 bits per heavy atom. The Morgan fingerprint density at radius 3 is 2.54 bits per heavy atom. The number of hydrogen-bond acceptors (Lipinski definition) is 7. The van der Waals surface area contributed by atoms with Gasteiger partial charge in [0.25, 0.3) is 16.1 Å². The topological polar surface area (TPSA) is 106 Å². The van der Waals surface area contributed by atoms with Crippen molar-refractivity contribution in [1.29, 1.82) is 0 Å². The van der Waals surface area contributed by atoms with Crippen molar-refractivity contribution in [1.82, 2.24) is 23.3 Å². The van der Waals surface area contributed by atoms with Gasteiger partial charge in [-0.2, -0.15) is 22.1 Å².